The topological polar surface area (TPSA) is 174 Å². The number of ether oxygens (including phenoxy) is 1. The quantitative estimate of drug-likeness (QED) is 0.303. The number of likely N-dealkylation sites (tertiary alicyclic amines) is 1. The molecule has 0 unspecified atom stereocenters. The second-order valence-corrected chi connectivity index (χ2v) is 12.8. The number of ketones is 2. The Morgan fingerprint density at radius 1 is 1.07 bits per heavy atom. The van der Waals surface area contributed by atoms with Crippen LogP contribution in [0.2, 0.25) is 0 Å². The molecular weight excluding hydrogens is 578 g/mol. The van der Waals surface area contributed by atoms with Gasteiger partial charge in [-0.25, -0.2) is 0 Å². The molecule has 11 heteroatoms. The fourth-order valence-corrected chi connectivity index (χ4v) is 7.94. The monoisotopic (exact) mass is 617 g/mol. The van der Waals surface area contributed by atoms with Crippen LogP contribution in [-0.2, 0) is 27.3 Å². The third-order valence-electron chi connectivity index (χ3n) is 10.0. The summed E-state index contributed by atoms with van der Waals surface area (Å²) < 4.78 is 5.74. The molecule has 0 radical (unpaired) electrons. The van der Waals surface area contributed by atoms with Crippen LogP contribution in [0, 0.1) is 11.8 Å². The molecule has 2 aromatic rings. The third kappa shape index (κ3) is 4.72. The van der Waals surface area contributed by atoms with E-state index in [0.29, 0.717) is 16.9 Å². The maximum absolute atomic E-state index is 14.1. The van der Waals surface area contributed by atoms with Gasteiger partial charge in [-0.05, 0) is 93.7 Å². The van der Waals surface area contributed by atoms with Crippen molar-refractivity contribution in [3.8, 4) is 22.6 Å². The van der Waals surface area contributed by atoms with Crippen LogP contribution in [0.4, 0.5) is 0 Å². The van der Waals surface area contributed by atoms with Crippen LogP contribution >= 0.6 is 0 Å². The number of nitrogens with two attached hydrogens (primary N) is 1. The molecule has 238 valence electrons. The van der Waals surface area contributed by atoms with E-state index in [2.05, 4.69) is 11.0 Å². The molecule has 3 aliphatic carbocycles. The van der Waals surface area contributed by atoms with E-state index in [1.54, 1.807) is 27.3 Å². The first kappa shape index (κ1) is 30.8. The number of amides is 1. The number of rotatable bonds is 6. The molecular formula is C34H39N3O8. The van der Waals surface area contributed by atoms with Crippen molar-refractivity contribution in [1.82, 2.24) is 9.80 Å². The average Bonchev–Trinajstić information content (AvgIpc) is 2.99. The van der Waals surface area contributed by atoms with Crippen LogP contribution in [-0.4, -0.2) is 93.6 Å². The van der Waals surface area contributed by atoms with Crippen molar-refractivity contribution in [3.63, 3.8) is 0 Å². The fraction of sp³-hybridized carbons (Fsp3) is 0.441. The molecule has 2 fully saturated rings. The first-order valence-corrected chi connectivity index (χ1v) is 15.3. The van der Waals surface area contributed by atoms with Gasteiger partial charge in [-0.3, -0.25) is 24.2 Å². The van der Waals surface area contributed by atoms with Gasteiger partial charge in [0.1, 0.15) is 28.6 Å². The number of primary amides is 1. The van der Waals surface area contributed by atoms with Gasteiger partial charge in [-0.2, -0.15) is 0 Å². The smallest absolute Gasteiger partial charge is 0.255 e. The molecule has 2 aromatic carbocycles. The number of likely N-dealkylation sites (N-methyl/N-ethyl adjacent to an activating group) is 1. The Morgan fingerprint density at radius 2 is 1.78 bits per heavy atom. The van der Waals surface area contributed by atoms with Gasteiger partial charge in [-0.15, -0.1) is 0 Å². The van der Waals surface area contributed by atoms with Crippen LogP contribution in [0.15, 0.2) is 47.2 Å². The number of carbonyl (C=O) groups excluding carboxylic acids is 3. The number of benzene rings is 2. The number of nitrogens with zero attached hydrogens (tertiary/aromatic N) is 2. The lowest BCUT2D eigenvalue weighted by molar-refractivity contribution is -0.153. The van der Waals surface area contributed by atoms with Crippen LogP contribution in [0.25, 0.3) is 16.9 Å². The lowest BCUT2D eigenvalue weighted by atomic mass is 9.57. The molecule has 1 saturated heterocycles. The Bertz CT molecular complexity index is 1670. The maximum Gasteiger partial charge on any atom is 0.255 e. The summed E-state index contributed by atoms with van der Waals surface area (Å²) in [6.07, 6.45) is 3.77. The van der Waals surface area contributed by atoms with E-state index in [9.17, 15) is 34.8 Å². The number of piperidine rings is 1. The molecule has 0 aromatic heterocycles. The highest BCUT2D eigenvalue weighted by Crippen LogP contribution is 2.54. The number of phenolic OH excluding ortho intramolecular Hbond substituents is 1. The third-order valence-corrected chi connectivity index (χ3v) is 10.0. The van der Waals surface area contributed by atoms with Crippen molar-refractivity contribution >= 4 is 23.2 Å². The van der Waals surface area contributed by atoms with Gasteiger partial charge in [0.25, 0.3) is 5.91 Å². The van der Waals surface area contributed by atoms with E-state index in [-0.39, 0.29) is 29.7 Å². The van der Waals surface area contributed by atoms with E-state index in [4.69, 9.17) is 10.5 Å². The van der Waals surface area contributed by atoms with E-state index in [0.717, 1.165) is 43.6 Å². The second-order valence-electron chi connectivity index (χ2n) is 12.8. The van der Waals surface area contributed by atoms with Gasteiger partial charge in [0, 0.05) is 23.6 Å². The van der Waals surface area contributed by atoms with Gasteiger partial charge < -0.3 is 30.9 Å². The van der Waals surface area contributed by atoms with E-state index in [1.807, 2.05) is 12.1 Å². The summed E-state index contributed by atoms with van der Waals surface area (Å²) in [7, 11) is 4.73. The number of carbonyl (C=O) groups is 3. The normalized spacial score (nSPS) is 26.9. The molecule has 0 bridgehead atoms. The number of hydrogen-bond acceptors (Lipinski definition) is 10. The van der Waals surface area contributed by atoms with E-state index >= 15 is 0 Å². The Labute approximate surface area is 261 Å². The average molecular weight is 618 g/mol. The van der Waals surface area contributed by atoms with Crippen molar-refractivity contribution in [1.29, 1.82) is 0 Å². The standard InChI is InChI=1S/C34H39N3O8/c1-36(2)28-22-15-18-14-21-19(20-13-17(7-10-24(20)45-3)16-37-11-5-4-6-12-37)8-9-23(38)26(21)29(39)25(18)31(41)34(22,44)32(42)27(30(28)40)33(35)43/h7-10,13,18,22,28,38-39,42,44H,4-6,11-12,14-16H2,1-3H3,(H2,35,43)/t18-,22+,28-,34-/m0/s1. The van der Waals surface area contributed by atoms with E-state index in [1.165, 1.54) is 17.4 Å². The van der Waals surface area contributed by atoms with Crippen molar-refractivity contribution in [2.75, 3.05) is 34.3 Å². The van der Waals surface area contributed by atoms with Crippen LogP contribution in [0.1, 0.15) is 42.4 Å². The fourth-order valence-electron chi connectivity index (χ4n) is 7.94. The van der Waals surface area contributed by atoms with Gasteiger partial charge in [0.05, 0.1) is 18.7 Å². The molecule has 11 nitrogen and oxygen atoms in total. The minimum atomic E-state index is -2.68. The highest BCUT2D eigenvalue weighted by Gasteiger charge is 2.64. The molecule has 4 aliphatic rings. The van der Waals surface area contributed by atoms with Gasteiger partial charge >= 0.3 is 0 Å². The van der Waals surface area contributed by atoms with Crippen LogP contribution < -0.4 is 10.5 Å². The SMILES string of the molecule is COc1ccc(CN2CCCCC2)cc1-c1ccc(O)c2c1C[C@H]1C[C@@H]3[C@H](N(C)C)C(=O)C(C(N)=O)=C(O)[C@@]3(O)C(=O)C1=C2O. The summed E-state index contributed by atoms with van der Waals surface area (Å²) in [6, 6.07) is 8.05. The van der Waals surface area contributed by atoms with Gasteiger partial charge in [0.2, 0.25) is 5.78 Å². The molecule has 45 heavy (non-hydrogen) atoms. The zero-order valence-electron chi connectivity index (χ0n) is 25.7. The minimum absolute atomic E-state index is 0.0208. The van der Waals surface area contributed by atoms with Crippen LogP contribution in [0.3, 0.4) is 0 Å². The maximum atomic E-state index is 14.1. The molecule has 1 saturated carbocycles. The number of aliphatic hydroxyl groups is 3. The number of methoxy groups -OCH3 is 1. The predicted octanol–water partition coefficient (Wildman–Crippen LogP) is 2.63. The van der Waals surface area contributed by atoms with Crippen molar-refractivity contribution < 1.29 is 39.5 Å². The Morgan fingerprint density at radius 3 is 2.42 bits per heavy atom. The predicted molar refractivity (Wildman–Crippen MR) is 165 cm³/mol. The summed E-state index contributed by atoms with van der Waals surface area (Å²) in [4.78, 5) is 43.6. The Kier molecular flexibility index (Phi) is 7.75. The van der Waals surface area contributed by atoms with Crippen molar-refractivity contribution in [3.05, 3.63) is 63.9 Å². The summed E-state index contributed by atoms with van der Waals surface area (Å²) >= 11 is 0. The molecule has 1 amide bonds. The highest BCUT2D eigenvalue weighted by molar-refractivity contribution is 6.24. The Balaban J connectivity index is 1.49. The summed E-state index contributed by atoms with van der Waals surface area (Å²) in [5, 5.41) is 45.6. The highest BCUT2D eigenvalue weighted by atomic mass is 16.5. The largest absolute Gasteiger partial charge is 0.508 e. The molecule has 0 spiro atoms. The van der Waals surface area contributed by atoms with Crippen LogP contribution in [0.5, 0.6) is 11.5 Å². The first-order chi connectivity index (χ1) is 21.4. The minimum Gasteiger partial charge on any atom is -0.508 e. The number of aliphatic hydroxyl groups excluding tert-OH is 2. The zero-order chi connectivity index (χ0) is 32.4. The lowest BCUT2D eigenvalue weighted by Gasteiger charge is -2.50. The number of fused-ring (bicyclic) bond motifs is 3. The van der Waals surface area contributed by atoms with Gasteiger partial charge in [-0.1, -0.05) is 18.6 Å². The molecule has 6 rings (SSSR count). The van der Waals surface area contributed by atoms with Crippen molar-refractivity contribution in [2.45, 2.75) is 50.3 Å². The zero-order valence-corrected chi connectivity index (χ0v) is 25.7. The number of aromatic hydroxyl groups is 1. The van der Waals surface area contributed by atoms with Crippen molar-refractivity contribution in [2.24, 2.45) is 17.6 Å². The lowest BCUT2D eigenvalue weighted by Crippen LogP contribution is -2.65. The molecule has 4 atom stereocenters. The molecule has 1 aliphatic heterocycles. The molecule has 6 N–H and O–H groups in total. The summed E-state index contributed by atoms with van der Waals surface area (Å²) in [6.45, 7) is 2.83. The summed E-state index contributed by atoms with van der Waals surface area (Å²) in [5.41, 5.74) is 4.93. The summed E-state index contributed by atoms with van der Waals surface area (Å²) in [5.74, 6) is -6.17. The first-order valence-electron chi connectivity index (χ1n) is 15.3. The number of phenols is 1. The Hall–Kier alpha value is -4.19. The van der Waals surface area contributed by atoms with Gasteiger partial charge in [0.15, 0.2) is 11.4 Å². The molecule has 1 heterocycles. The number of hydrogen-bond donors (Lipinski definition) is 5. The van der Waals surface area contributed by atoms with E-state index < -0.39 is 58.0 Å². The number of Topliss-reactive ketones (excluding diaryl/α,β-unsaturated/α-hetero) is 2. The second kappa shape index (κ2) is 11.3.